The molecule has 2 aliphatic carbocycles. The first-order chi connectivity index (χ1) is 15.8. The Balaban J connectivity index is 0.000000581. The molecule has 36 heavy (non-hydrogen) atoms. The van der Waals surface area contributed by atoms with Gasteiger partial charge in [-0.05, 0) is 37.0 Å². The summed E-state index contributed by atoms with van der Waals surface area (Å²) in [6.07, 6.45) is 12.9. The number of unbranched alkanes of at least 4 members (excludes halogenated alkanes) is 1. The minimum atomic E-state index is 0. The van der Waals surface area contributed by atoms with Crippen molar-refractivity contribution >= 4 is 3.21 Å². The van der Waals surface area contributed by atoms with Crippen molar-refractivity contribution in [3.8, 4) is 11.1 Å². The van der Waals surface area contributed by atoms with Crippen LogP contribution in [0, 0.1) is 51.2 Å². The van der Waals surface area contributed by atoms with Crippen LogP contribution in [0.25, 0.3) is 11.1 Å². The van der Waals surface area contributed by atoms with Crippen LogP contribution in [0.5, 0.6) is 0 Å². The van der Waals surface area contributed by atoms with Gasteiger partial charge >= 0.3 is 41.3 Å². The molecule has 0 spiro atoms. The standard InChI is InChI=1S/C17H17.C13H21.C3H6.2ClH.Zr/c1-10-5-14-9-15-6-11(2)13(4)8-17(15)16(14)7-12(10)3;1-5-6-7-11-8-9-12(10-11)13(2,3)4;1-3-2;;;/h5,7-8H,9H2,1-4H3;9-11H,5-7H2,1-4H3;1-2H3;2*1H;/q2*-1;;;;+2/p-2. The average Bonchev–Trinajstić information content (AvgIpc) is 3.33. The van der Waals surface area contributed by atoms with Crippen LogP contribution in [-0.4, -0.2) is 3.21 Å². The van der Waals surface area contributed by atoms with Gasteiger partial charge in [0.15, 0.2) is 0 Å². The molecule has 1 atom stereocenters. The van der Waals surface area contributed by atoms with Crippen LogP contribution in [0.15, 0.2) is 35.9 Å². The fourth-order valence-electron chi connectivity index (χ4n) is 4.21. The van der Waals surface area contributed by atoms with Crippen molar-refractivity contribution in [2.75, 3.05) is 0 Å². The maximum absolute atomic E-state index is 3.54. The van der Waals surface area contributed by atoms with Gasteiger partial charge in [-0.2, -0.15) is 34.9 Å². The first-order valence-electron chi connectivity index (χ1n) is 12.8. The van der Waals surface area contributed by atoms with Crippen molar-refractivity contribution in [1.82, 2.24) is 0 Å². The summed E-state index contributed by atoms with van der Waals surface area (Å²) >= 11 is 1.55. The van der Waals surface area contributed by atoms with Gasteiger partial charge in [0, 0.05) is 0 Å². The molecule has 0 amide bonds. The third-order valence-corrected chi connectivity index (χ3v) is 6.56. The van der Waals surface area contributed by atoms with Gasteiger partial charge in [-0.25, -0.2) is 6.08 Å². The number of allylic oxidation sites excluding steroid dienone is 4. The molecular formula is C33H44Cl2Zr-2. The van der Waals surface area contributed by atoms with Crippen LogP contribution in [0.4, 0.5) is 0 Å². The normalized spacial score (nSPS) is 14.7. The quantitative estimate of drug-likeness (QED) is 0.405. The summed E-state index contributed by atoms with van der Waals surface area (Å²) in [6.45, 7) is 22.0. The molecule has 0 bridgehead atoms. The van der Waals surface area contributed by atoms with E-state index in [-0.39, 0.29) is 24.8 Å². The van der Waals surface area contributed by atoms with Gasteiger partial charge in [0.05, 0.1) is 0 Å². The predicted octanol–water partition coefficient (Wildman–Crippen LogP) is 3.18. The van der Waals surface area contributed by atoms with Gasteiger partial charge in [0.2, 0.25) is 0 Å². The molecule has 2 aromatic rings. The van der Waals surface area contributed by atoms with E-state index in [1.54, 1.807) is 24.2 Å². The van der Waals surface area contributed by atoms with E-state index in [4.69, 9.17) is 0 Å². The summed E-state index contributed by atoms with van der Waals surface area (Å²) in [5, 5.41) is 0. The molecule has 1 unspecified atom stereocenters. The van der Waals surface area contributed by atoms with Gasteiger partial charge in [-0.15, -0.1) is 11.1 Å². The Hall–Kier alpha value is -0.747. The van der Waals surface area contributed by atoms with E-state index in [9.17, 15) is 0 Å². The number of halogens is 2. The minimum Gasteiger partial charge on any atom is -1.00 e. The number of rotatable bonds is 3. The number of hydrogen-bond donors (Lipinski definition) is 0. The second kappa shape index (κ2) is 15.6. The van der Waals surface area contributed by atoms with Crippen molar-refractivity contribution in [3.05, 3.63) is 81.4 Å². The second-order valence-electron chi connectivity index (χ2n) is 11.2. The van der Waals surface area contributed by atoms with E-state index in [1.807, 2.05) is 0 Å². The molecule has 0 saturated carbocycles. The van der Waals surface area contributed by atoms with Gasteiger partial charge in [-0.3, -0.25) is 6.08 Å². The Kier molecular flexibility index (Phi) is 15.3. The van der Waals surface area contributed by atoms with E-state index in [1.165, 1.54) is 72.5 Å². The fraction of sp³-hybridized carbons (Fsp3) is 0.485. The average molecular weight is 603 g/mol. The summed E-state index contributed by atoms with van der Waals surface area (Å²) in [7, 11) is 0. The third kappa shape index (κ3) is 10.2. The molecular weight excluding hydrogens is 558 g/mol. The molecule has 0 aliphatic heterocycles. The molecule has 3 heteroatoms. The van der Waals surface area contributed by atoms with Crippen LogP contribution in [-0.2, 0) is 30.7 Å². The molecule has 0 N–H and O–H groups in total. The minimum absolute atomic E-state index is 0. The van der Waals surface area contributed by atoms with E-state index in [0.29, 0.717) is 11.3 Å². The second-order valence-corrected chi connectivity index (χ2v) is 13.6. The zero-order valence-corrected chi connectivity index (χ0v) is 28.0. The van der Waals surface area contributed by atoms with Crippen LogP contribution >= 0.6 is 0 Å². The van der Waals surface area contributed by atoms with Crippen molar-refractivity contribution in [2.45, 2.75) is 94.9 Å². The Morgan fingerprint density at radius 2 is 1.50 bits per heavy atom. The number of fused-ring (bicyclic) bond motifs is 3. The van der Waals surface area contributed by atoms with Gasteiger partial charge in [0.1, 0.15) is 0 Å². The molecule has 0 nitrogen and oxygen atoms in total. The summed E-state index contributed by atoms with van der Waals surface area (Å²) < 4.78 is 1.51. The number of benzene rings is 2. The van der Waals surface area contributed by atoms with Crippen molar-refractivity contribution in [3.63, 3.8) is 0 Å². The molecule has 0 saturated heterocycles. The molecule has 196 valence electrons. The Morgan fingerprint density at radius 1 is 0.944 bits per heavy atom. The monoisotopic (exact) mass is 600 g/mol. The van der Waals surface area contributed by atoms with Crippen molar-refractivity contribution < 1.29 is 49.0 Å². The zero-order chi connectivity index (χ0) is 25.6. The Bertz CT molecular complexity index is 1020. The third-order valence-electron chi connectivity index (χ3n) is 6.56. The molecule has 2 aliphatic rings. The van der Waals surface area contributed by atoms with E-state index >= 15 is 0 Å². The number of hydrogen-bond acceptors (Lipinski definition) is 0. The van der Waals surface area contributed by atoms with Crippen LogP contribution in [0.1, 0.15) is 94.2 Å². The van der Waals surface area contributed by atoms with Crippen molar-refractivity contribution in [2.24, 2.45) is 11.3 Å². The Morgan fingerprint density at radius 3 is 2.03 bits per heavy atom. The summed E-state index contributed by atoms with van der Waals surface area (Å²) in [5.41, 5.74) is 12.8. The molecule has 4 rings (SSSR count). The summed E-state index contributed by atoms with van der Waals surface area (Å²) in [5.74, 6) is 0.592. The van der Waals surface area contributed by atoms with Crippen LogP contribution < -0.4 is 24.8 Å². The first kappa shape index (κ1) is 35.3. The van der Waals surface area contributed by atoms with E-state index in [2.05, 4.69) is 112 Å². The Labute approximate surface area is 249 Å². The van der Waals surface area contributed by atoms with Gasteiger partial charge in [-0.1, -0.05) is 89.8 Å². The van der Waals surface area contributed by atoms with Crippen LogP contribution in [0.3, 0.4) is 0 Å². The zero-order valence-electron chi connectivity index (χ0n) is 24.0. The van der Waals surface area contributed by atoms with Gasteiger partial charge in [0.25, 0.3) is 0 Å². The smallest absolute Gasteiger partial charge is 0.0253 e. The maximum Gasteiger partial charge on any atom is -0.0253 e. The van der Waals surface area contributed by atoms with Crippen molar-refractivity contribution in [1.29, 1.82) is 0 Å². The molecule has 2 aromatic carbocycles. The van der Waals surface area contributed by atoms with Gasteiger partial charge < -0.3 is 24.8 Å². The summed E-state index contributed by atoms with van der Waals surface area (Å²) in [4.78, 5) is 0. The number of aryl methyl sites for hydroxylation is 4. The molecule has 0 aromatic heterocycles. The maximum atomic E-state index is 3.54. The molecule has 0 fully saturated rings. The van der Waals surface area contributed by atoms with E-state index in [0.717, 1.165) is 6.42 Å². The first-order valence-corrected chi connectivity index (χ1v) is 14.0. The SMILES string of the molecule is CCCCC1[C-]=CC(C(C)(C)C)=C1.C[C](C)=[Zr+2].Cc1[c-]c2c(cc1C)-c1cc(C)c(C)cc1C2.[Cl-].[Cl-]. The van der Waals surface area contributed by atoms with E-state index < -0.39 is 0 Å². The molecule has 0 radical (unpaired) electrons. The predicted molar refractivity (Wildman–Crippen MR) is 147 cm³/mol. The largest absolute Gasteiger partial charge is 1.00 e. The topological polar surface area (TPSA) is 0 Å². The fourth-order valence-corrected chi connectivity index (χ4v) is 4.21. The molecule has 0 heterocycles. The van der Waals surface area contributed by atoms with Crippen LogP contribution in [0.2, 0.25) is 0 Å². The summed E-state index contributed by atoms with van der Waals surface area (Å²) in [6, 6.07) is 10.5.